The number of anilines is 1. The van der Waals surface area contributed by atoms with Crippen LogP contribution in [0.25, 0.3) is 11.4 Å². The molecule has 1 unspecified atom stereocenters. The summed E-state index contributed by atoms with van der Waals surface area (Å²) < 4.78 is 36.0. The van der Waals surface area contributed by atoms with Crippen LogP contribution in [-0.4, -0.2) is 32.5 Å². The van der Waals surface area contributed by atoms with E-state index in [-0.39, 0.29) is 11.7 Å². The van der Waals surface area contributed by atoms with Crippen molar-refractivity contribution in [2.24, 2.45) is 0 Å². The van der Waals surface area contributed by atoms with E-state index in [1.165, 1.54) is 36.0 Å². The molecule has 0 radical (unpaired) electrons. The van der Waals surface area contributed by atoms with Gasteiger partial charge in [-0.25, -0.2) is 0 Å². The maximum absolute atomic E-state index is 12.6. The lowest BCUT2D eigenvalue weighted by molar-refractivity contribution is -0.115. The Morgan fingerprint density at radius 1 is 1.33 bits per heavy atom. The Bertz CT molecular complexity index is 1020. The molecule has 10 heteroatoms. The standard InChI is InChI=1S/C20H20F2N4O3S/c1-4-10-26-17(16-9-11-28-12(16)2)24-25-20(26)30-13(3)18(27)23-14-5-7-15(8-6-14)29-19(21)22/h4-9,11,13,19H,1,10H2,2-3H3,(H,23,27). The van der Waals surface area contributed by atoms with Gasteiger partial charge in [-0.2, -0.15) is 8.78 Å². The fourth-order valence-electron chi connectivity index (χ4n) is 2.66. The Kier molecular flexibility index (Phi) is 6.88. The zero-order valence-electron chi connectivity index (χ0n) is 16.3. The summed E-state index contributed by atoms with van der Waals surface area (Å²) >= 11 is 1.25. The van der Waals surface area contributed by atoms with Crippen LogP contribution in [0, 0.1) is 6.92 Å². The number of nitrogens with one attached hydrogen (secondary N) is 1. The first kappa shape index (κ1) is 21.6. The highest BCUT2D eigenvalue weighted by molar-refractivity contribution is 8.00. The van der Waals surface area contributed by atoms with E-state index >= 15 is 0 Å². The van der Waals surface area contributed by atoms with Gasteiger partial charge in [0, 0.05) is 12.2 Å². The number of hydrogen-bond acceptors (Lipinski definition) is 6. The third-order valence-electron chi connectivity index (χ3n) is 4.13. The van der Waals surface area contributed by atoms with Gasteiger partial charge in [0.2, 0.25) is 5.91 Å². The lowest BCUT2D eigenvalue weighted by atomic mass is 10.2. The zero-order chi connectivity index (χ0) is 21.7. The maximum atomic E-state index is 12.6. The number of aromatic nitrogens is 3. The number of thioether (sulfide) groups is 1. The summed E-state index contributed by atoms with van der Waals surface area (Å²) in [7, 11) is 0. The van der Waals surface area contributed by atoms with Crippen LogP contribution in [0.2, 0.25) is 0 Å². The Morgan fingerprint density at radius 3 is 2.67 bits per heavy atom. The minimum atomic E-state index is -2.90. The number of nitrogens with zero attached hydrogens (tertiary/aromatic N) is 3. The topological polar surface area (TPSA) is 82.2 Å². The summed E-state index contributed by atoms with van der Waals surface area (Å²) in [4.78, 5) is 12.6. The van der Waals surface area contributed by atoms with E-state index < -0.39 is 11.9 Å². The Morgan fingerprint density at radius 2 is 2.07 bits per heavy atom. The van der Waals surface area contributed by atoms with Crippen LogP contribution in [0.3, 0.4) is 0 Å². The van der Waals surface area contributed by atoms with Crippen molar-refractivity contribution in [2.75, 3.05) is 5.32 Å². The number of allylic oxidation sites excluding steroid dienone is 1. The van der Waals surface area contributed by atoms with Crippen LogP contribution in [-0.2, 0) is 11.3 Å². The van der Waals surface area contributed by atoms with Gasteiger partial charge < -0.3 is 14.5 Å². The number of halogens is 2. The fourth-order valence-corrected chi connectivity index (χ4v) is 3.52. The van der Waals surface area contributed by atoms with Gasteiger partial charge in [0.1, 0.15) is 11.5 Å². The molecule has 2 aromatic heterocycles. The van der Waals surface area contributed by atoms with Crippen molar-refractivity contribution in [3.63, 3.8) is 0 Å². The number of benzene rings is 1. The number of rotatable bonds is 9. The molecule has 3 aromatic rings. The number of furan rings is 1. The van der Waals surface area contributed by atoms with Gasteiger partial charge in [-0.3, -0.25) is 9.36 Å². The summed E-state index contributed by atoms with van der Waals surface area (Å²) in [6.45, 7) is 4.92. The molecule has 1 atom stereocenters. The third kappa shape index (κ3) is 5.07. The SMILES string of the molecule is C=CCn1c(SC(C)C(=O)Nc2ccc(OC(F)F)cc2)nnc1-c1ccoc1C. The van der Waals surface area contributed by atoms with Crippen molar-refractivity contribution < 1.29 is 22.7 Å². The van der Waals surface area contributed by atoms with Gasteiger partial charge in [-0.15, -0.1) is 16.8 Å². The fraction of sp³-hybridized carbons (Fsp3) is 0.250. The van der Waals surface area contributed by atoms with E-state index in [9.17, 15) is 13.6 Å². The molecule has 1 aromatic carbocycles. The number of carbonyl (C=O) groups excluding carboxylic acids is 1. The smallest absolute Gasteiger partial charge is 0.387 e. The second-order valence-corrected chi connectivity index (χ2v) is 7.56. The monoisotopic (exact) mass is 434 g/mol. The molecule has 158 valence electrons. The summed E-state index contributed by atoms with van der Waals surface area (Å²) in [6, 6.07) is 7.52. The van der Waals surface area contributed by atoms with E-state index in [1.807, 2.05) is 17.6 Å². The van der Waals surface area contributed by atoms with Crippen molar-refractivity contribution in [1.82, 2.24) is 14.8 Å². The number of carbonyl (C=O) groups is 1. The van der Waals surface area contributed by atoms with E-state index in [4.69, 9.17) is 4.42 Å². The van der Waals surface area contributed by atoms with E-state index in [0.717, 1.165) is 5.56 Å². The summed E-state index contributed by atoms with van der Waals surface area (Å²) in [5.74, 6) is 1.10. The summed E-state index contributed by atoms with van der Waals surface area (Å²) in [5.41, 5.74) is 1.29. The first-order valence-electron chi connectivity index (χ1n) is 9.00. The normalized spacial score (nSPS) is 12.0. The van der Waals surface area contributed by atoms with Gasteiger partial charge in [-0.1, -0.05) is 17.8 Å². The molecular weight excluding hydrogens is 414 g/mol. The predicted molar refractivity (Wildman–Crippen MR) is 110 cm³/mol. The van der Waals surface area contributed by atoms with Crippen molar-refractivity contribution in [3.8, 4) is 17.1 Å². The zero-order valence-corrected chi connectivity index (χ0v) is 17.2. The van der Waals surface area contributed by atoms with Crippen LogP contribution in [0.4, 0.5) is 14.5 Å². The van der Waals surface area contributed by atoms with E-state index in [2.05, 4.69) is 26.8 Å². The number of amides is 1. The molecule has 1 N–H and O–H groups in total. The largest absolute Gasteiger partial charge is 0.469 e. The van der Waals surface area contributed by atoms with E-state index in [1.54, 1.807) is 19.3 Å². The molecule has 7 nitrogen and oxygen atoms in total. The number of ether oxygens (including phenoxy) is 1. The highest BCUT2D eigenvalue weighted by atomic mass is 32.2. The molecule has 2 heterocycles. The Hall–Kier alpha value is -3.14. The first-order valence-corrected chi connectivity index (χ1v) is 9.88. The molecule has 30 heavy (non-hydrogen) atoms. The van der Waals surface area contributed by atoms with Crippen molar-refractivity contribution in [3.05, 3.63) is 55.0 Å². The maximum Gasteiger partial charge on any atom is 0.387 e. The van der Waals surface area contributed by atoms with Gasteiger partial charge in [-0.05, 0) is 44.2 Å². The summed E-state index contributed by atoms with van der Waals surface area (Å²) in [5, 5.41) is 11.3. The average molecular weight is 434 g/mol. The molecule has 0 aliphatic rings. The van der Waals surface area contributed by atoms with Crippen molar-refractivity contribution in [2.45, 2.75) is 37.4 Å². The quantitative estimate of drug-likeness (QED) is 0.387. The molecule has 0 fully saturated rings. The molecule has 3 rings (SSSR count). The highest BCUT2D eigenvalue weighted by Gasteiger charge is 2.22. The van der Waals surface area contributed by atoms with Crippen LogP contribution in [0.15, 0.2) is 58.8 Å². The minimum Gasteiger partial charge on any atom is -0.469 e. The lowest BCUT2D eigenvalue weighted by Crippen LogP contribution is -2.23. The van der Waals surface area contributed by atoms with Crippen molar-refractivity contribution in [1.29, 1.82) is 0 Å². The second kappa shape index (κ2) is 9.57. The van der Waals surface area contributed by atoms with Gasteiger partial charge >= 0.3 is 6.61 Å². The van der Waals surface area contributed by atoms with Crippen LogP contribution < -0.4 is 10.1 Å². The van der Waals surface area contributed by atoms with Crippen LogP contribution in [0.5, 0.6) is 5.75 Å². The Balaban J connectivity index is 1.70. The number of alkyl halides is 2. The lowest BCUT2D eigenvalue weighted by Gasteiger charge is -2.13. The molecule has 0 aliphatic heterocycles. The van der Waals surface area contributed by atoms with Gasteiger partial charge in [0.05, 0.1) is 17.1 Å². The second-order valence-electron chi connectivity index (χ2n) is 6.25. The highest BCUT2D eigenvalue weighted by Crippen LogP contribution is 2.29. The molecule has 0 spiro atoms. The molecule has 0 bridgehead atoms. The Labute approximate surface area is 176 Å². The predicted octanol–water partition coefficient (Wildman–Crippen LogP) is 4.75. The van der Waals surface area contributed by atoms with Gasteiger partial charge in [0.25, 0.3) is 0 Å². The summed E-state index contributed by atoms with van der Waals surface area (Å²) in [6.07, 6.45) is 3.30. The number of hydrogen-bond donors (Lipinski definition) is 1. The van der Waals surface area contributed by atoms with Crippen LogP contribution >= 0.6 is 11.8 Å². The van der Waals surface area contributed by atoms with Gasteiger partial charge in [0.15, 0.2) is 11.0 Å². The van der Waals surface area contributed by atoms with E-state index in [0.29, 0.717) is 29.0 Å². The first-order chi connectivity index (χ1) is 14.4. The van der Waals surface area contributed by atoms with Crippen molar-refractivity contribution >= 4 is 23.4 Å². The molecular formula is C20H20F2N4O3S. The van der Waals surface area contributed by atoms with Crippen LogP contribution in [0.1, 0.15) is 12.7 Å². The molecule has 0 saturated heterocycles. The molecule has 1 amide bonds. The number of aryl methyl sites for hydroxylation is 1. The minimum absolute atomic E-state index is 0.0185. The molecule has 0 saturated carbocycles. The molecule has 0 aliphatic carbocycles. The third-order valence-corrected chi connectivity index (χ3v) is 5.21. The average Bonchev–Trinajstić information content (AvgIpc) is 3.29.